The average molecular weight is 298 g/mol. The zero-order valence-corrected chi connectivity index (χ0v) is 12.0. The maximum absolute atomic E-state index is 10.6. The predicted octanol–water partition coefficient (Wildman–Crippen LogP) is 2.36. The summed E-state index contributed by atoms with van der Waals surface area (Å²) in [7, 11) is 0. The number of carbonyl (C=O) groups is 1. The van der Waals surface area contributed by atoms with Gasteiger partial charge in [0, 0.05) is 11.5 Å². The number of thioether (sulfide) groups is 1. The van der Waals surface area contributed by atoms with E-state index in [0.29, 0.717) is 17.4 Å². The van der Waals surface area contributed by atoms with Crippen LogP contribution in [0.15, 0.2) is 21.9 Å². The number of thiophene rings is 1. The number of carboxylic acids is 1. The van der Waals surface area contributed by atoms with Crippen LogP contribution < -0.4 is 5.73 Å². The molecule has 1 atom stereocenters. The number of nitrogens with two attached hydrogens (primary N) is 1. The molecule has 19 heavy (non-hydrogen) atoms. The minimum absolute atomic E-state index is 0.357. The molecule has 0 saturated carbocycles. The highest BCUT2D eigenvalue weighted by Crippen LogP contribution is 2.27. The Morgan fingerprint density at radius 2 is 2.47 bits per heavy atom. The van der Waals surface area contributed by atoms with Crippen LogP contribution in [-0.4, -0.2) is 27.9 Å². The summed E-state index contributed by atoms with van der Waals surface area (Å²) in [5.41, 5.74) is 6.28. The van der Waals surface area contributed by atoms with E-state index in [9.17, 15) is 4.79 Å². The van der Waals surface area contributed by atoms with Crippen LogP contribution in [0.2, 0.25) is 0 Å². The first-order valence-corrected chi connectivity index (χ1v) is 7.67. The third kappa shape index (κ3) is 3.59. The summed E-state index contributed by atoms with van der Waals surface area (Å²) in [6.07, 6.45) is 0. The van der Waals surface area contributed by atoms with Gasteiger partial charge in [-0.1, -0.05) is 6.07 Å². The van der Waals surface area contributed by atoms with Gasteiger partial charge in [0.05, 0.1) is 10.6 Å². The highest BCUT2D eigenvalue weighted by molar-refractivity contribution is 7.98. The molecule has 102 valence electrons. The molecule has 0 aliphatic carbocycles. The van der Waals surface area contributed by atoms with Crippen molar-refractivity contribution in [3.63, 3.8) is 0 Å². The Hall–Kier alpha value is -1.31. The molecule has 0 aliphatic heterocycles. The zero-order chi connectivity index (χ0) is 13.8. The second-order valence-corrected chi connectivity index (χ2v) is 5.94. The average Bonchev–Trinajstić information content (AvgIpc) is 2.99. The Morgan fingerprint density at radius 3 is 3.11 bits per heavy atom. The van der Waals surface area contributed by atoms with Gasteiger partial charge in [0.25, 0.3) is 0 Å². The highest BCUT2D eigenvalue weighted by Gasteiger charge is 2.14. The molecule has 0 aromatic carbocycles. The molecule has 0 spiro atoms. The van der Waals surface area contributed by atoms with E-state index in [2.05, 4.69) is 4.98 Å². The molecule has 3 N–H and O–H groups in total. The maximum atomic E-state index is 10.6. The van der Waals surface area contributed by atoms with Gasteiger partial charge in [0.2, 0.25) is 5.89 Å². The van der Waals surface area contributed by atoms with Gasteiger partial charge in [-0.3, -0.25) is 4.79 Å². The molecule has 2 aromatic rings. The monoisotopic (exact) mass is 298 g/mol. The van der Waals surface area contributed by atoms with E-state index in [1.165, 1.54) is 11.8 Å². The Morgan fingerprint density at radius 1 is 1.68 bits per heavy atom. The summed E-state index contributed by atoms with van der Waals surface area (Å²) in [5, 5.41) is 10.7. The number of hydrogen-bond acceptors (Lipinski definition) is 6. The number of rotatable bonds is 6. The number of aromatic nitrogens is 1. The molecule has 0 aliphatic rings. The fourth-order valence-corrected chi connectivity index (χ4v) is 3.05. The molecule has 2 heterocycles. The van der Waals surface area contributed by atoms with Gasteiger partial charge in [-0.15, -0.1) is 11.3 Å². The van der Waals surface area contributed by atoms with Crippen molar-refractivity contribution < 1.29 is 14.3 Å². The molecule has 0 amide bonds. The molecule has 7 heteroatoms. The molecule has 0 fully saturated rings. The molecular formula is C12H14N2O3S2. The van der Waals surface area contributed by atoms with Gasteiger partial charge < -0.3 is 15.3 Å². The largest absolute Gasteiger partial charge is 0.480 e. The lowest BCUT2D eigenvalue weighted by Crippen LogP contribution is -2.32. The van der Waals surface area contributed by atoms with E-state index < -0.39 is 12.0 Å². The van der Waals surface area contributed by atoms with Crippen LogP contribution in [0.1, 0.15) is 11.5 Å². The van der Waals surface area contributed by atoms with Gasteiger partial charge >= 0.3 is 5.97 Å². The first kappa shape index (κ1) is 14.1. The van der Waals surface area contributed by atoms with E-state index in [0.717, 1.165) is 16.3 Å². The van der Waals surface area contributed by atoms with Crippen LogP contribution in [-0.2, 0) is 10.5 Å². The van der Waals surface area contributed by atoms with Crippen LogP contribution in [0, 0.1) is 6.92 Å². The summed E-state index contributed by atoms with van der Waals surface area (Å²) in [4.78, 5) is 16.0. The third-order valence-electron chi connectivity index (χ3n) is 2.48. The Balaban J connectivity index is 1.96. The molecule has 0 bridgehead atoms. The lowest BCUT2D eigenvalue weighted by molar-refractivity contribution is -0.137. The fraction of sp³-hybridized carbons (Fsp3) is 0.333. The van der Waals surface area contributed by atoms with Gasteiger partial charge in [-0.05, 0) is 18.4 Å². The van der Waals surface area contributed by atoms with Crippen LogP contribution >= 0.6 is 23.1 Å². The Kier molecular flexibility index (Phi) is 4.62. The molecule has 0 unspecified atom stereocenters. The molecule has 0 saturated heterocycles. The van der Waals surface area contributed by atoms with Crippen molar-refractivity contribution in [1.82, 2.24) is 4.98 Å². The quantitative estimate of drug-likeness (QED) is 0.851. The smallest absolute Gasteiger partial charge is 0.321 e. The summed E-state index contributed by atoms with van der Waals surface area (Å²) >= 11 is 3.01. The predicted molar refractivity (Wildman–Crippen MR) is 76.3 cm³/mol. The van der Waals surface area contributed by atoms with E-state index in [4.69, 9.17) is 15.3 Å². The van der Waals surface area contributed by atoms with Crippen molar-refractivity contribution in [3.05, 3.63) is 29.0 Å². The minimum atomic E-state index is -0.983. The van der Waals surface area contributed by atoms with E-state index >= 15 is 0 Å². The summed E-state index contributed by atoms with van der Waals surface area (Å²) in [6.45, 7) is 1.86. The lowest BCUT2D eigenvalue weighted by atomic mass is 10.4. The first-order chi connectivity index (χ1) is 9.08. The second kappa shape index (κ2) is 6.23. The summed E-state index contributed by atoms with van der Waals surface area (Å²) in [6, 6.07) is 3.06. The van der Waals surface area contributed by atoms with Crippen LogP contribution in [0.5, 0.6) is 0 Å². The third-order valence-corrected chi connectivity index (χ3v) is 4.41. The molecule has 2 rings (SSSR count). The van der Waals surface area contributed by atoms with Crippen LogP contribution in [0.4, 0.5) is 0 Å². The van der Waals surface area contributed by atoms with Crippen molar-refractivity contribution in [3.8, 4) is 10.8 Å². The number of hydrogen-bond donors (Lipinski definition) is 2. The van der Waals surface area contributed by atoms with Gasteiger partial charge in [-0.25, -0.2) is 4.98 Å². The van der Waals surface area contributed by atoms with Crippen LogP contribution in [0.25, 0.3) is 10.8 Å². The van der Waals surface area contributed by atoms with Crippen molar-refractivity contribution in [2.45, 2.75) is 18.7 Å². The molecule has 2 aromatic heterocycles. The van der Waals surface area contributed by atoms with Crippen molar-refractivity contribution in [2.75, 3.05) is 5.75 Å². The number of carboxylic acid groups (broad SMARTS) is 1. The molecule has 5 nitrogen and oxygen atoms in total. The zero-order valence-electron chi connectivity index (χ0n) is 10.3. The Bertz CT molecular complexity index is 551. The highest BCUT2D eigenvalue weighted by atomic mass is 32.2. The van der Waals surface area contributed by atoms with Gasteiger partial charge in [0.15, 0.2) is 0 Å². The normalized spacial score (nSPS) is 12.5. The standard InChI is InChI=1S/C12H14N2O3S2/c1-7-9(6-18-5-8(13)12(15)16)14-11(17-7)10-3-2-4-19-10/h2-4,8H,5-6,13H2,1H3,(H,15,16)/t8-/m1/s1. The number of aliphatic carboxylic acids is 1. The maximum Gasteiger partial charge on any atom is 0.321 e. The minimum Gasteiger partial charge on any atom is -0.480 e. The lowest BCUT2D eigenvalue weighted by Gasteiger charge is -2.04. The van der Waals surface area contributed by atoms with E-state index in [-0.39, 0.29) is 0 Å². The summed E-state index contributed by atoms with van der Waals surface area (Å²) in [5.74, 6) is 1.35. The van der Waals surface area contributed by atoms with Crippen molar-refractivity contribution in [2.24, 2.45) is 5.73 Å². The van der Waals surface area contributed by atoms with E-state index in [1.54, 1.807) is 11.3 Å². The van der Waals surface area contributed by atoms with Crippen molar-refractivity contribution >= 4 is 29.1 Å². The number of aryl methyl sites for hydroxylation is 1. The van der Waals surface area contributed by atoms with Gasteiger partial charge in [-0.2, -0.15) is 11.8 Å². The van der Waals surface area contributed by atoms with E-state index in [1.807, 2.05) is 24.4 Å². The fourth-order valence-electron chi connectivity index (χ4n) is 1.42. The van der Waals surface area contributed by atoms with Crippen molar-refractivity contribution in [1.29, 1.82) is 0 Å². The molecule has 0 radical (unpaired) electrons. The number of nitrogens with zero attached hydrogens (tertiary/aromatic N) is 1. The first-order valence-electron chi connectivity index (χ1n) is 5.64. The summed E-state index contributed by atoms with van der Waals surface area (Å²) < 4.78 is 5.60. The second-order valence-electron chi connectivity index (χ2n) is 3.96. The SMILES string of the molecule is Cc1oc(-c2cccs2)nc1CSC[C@@H](N)C(=O)O. The number of oxazole rings is 1. The topological polar surface area (TPSA) is 89.4 Å². The van der Waals surface area contributed by atoms with Gasteiger partial charge in [0.1, 0.15) is 11.8 Å². The molecular weight excluding hydrogens is 284 g/mol. The van der Waals surface area contributed by atoms with Crippen LogP contribution in [0.3, 0.4) is 0 Å². The Labute approximate surface area is 118 Å².